The van der Waals surface area contributed by atoms with E-state index in [4.69, 9.17) is 4.74 Å². The first-order valence-electron chi connectivity index (χ1n) is 6.80. The highest BCUT2D eigenvalue weighted by Crippen LogP contribution is 2.34. The van der Waals surface area contributed by atoms with E-state index >= 15 is 0 Å². The molecule has 0 bridgehead atoms. The van der Waals surface area contributed by atoms with Crippen LogP contribution < -0.4 is 4.74 Å². The number of rotatable bonds is 1. The molecule has 2 rings (SSSR count). The Labute approximate surface area is 106 Å². The van der Waals surface area contributed by atoms with E-state index in [9.17, 15) is 0 Å². The van der Waals surface area contributed by atoms with E-state index < -0.39 is 0 Å². The molecule has 1 heterocycles. The van der Waals surface area contributed by atoms with Gasteiger partial charge in [-0.25, -0.2) is 0 Å². The fourth-order valence-corrected chi connectivity index (χ4v) is 2.04. The molecule has 0 atom stereocenters. The topological polar surface area (TPSA) is 9.23 Å². The van der Waals surface area contributed by atoms with Crippen LogP contribution in [0.15, 0.2) is 18.2 Å². The van der Waals surface area contributed by atoms with Gasteiger partial charge in [-0.05, 0) is 49.8 Å². The van der Waals surface area contributed by atoms with Crippen molar-refractivity contribution in [2.24, 2.45) is 0 Å². The molecule has 17 heavy (non-hydrogen) atoms. The molecule has 0 N–H and O–H groups in total. The molecule has 1 nitrogen and oxygen atoms in total. The summed E-state index contributed by atoms with van der Waals surface area (Å²) >= 11 is 0. The van der Waals surface area contributed by atoms with E-state index in [1.54, 1.807) is 0 Å². The van der Waals surface area contributed by atoms with E-state index in [2.05, 4.69) is 45.9 Å². The van der Waals surface area contributed by atoms with Crippen LogP contribution >= 0.6 is 0 Å². The maximum Gasteiger partial charge on any atom is 0.123 e. The molecule has 1 aromatic carbocycles. The first-order chi connectivity index (χ1) is 7.98. The third-order valence-electron chi connectivity index (χ3n) is 3.13. The first-order valence-corrected chi connectivity index (χ1v) is 6.80. The Morgan fingerprint density at radius 2 is 1.82 bits per heavy atom. The number of ether oxygens (including phenoxy) is 1. The summed E-state index contributed by atoms with van der Waals surface area (Å²) < 4.78 is 5.95. The summed E-state index contributed by atoms with van der Waals surface area (Å²) in [4.78, 5) is 0. The normalized spacial score (nSPS) is 16.6. The van der Waals surface area contributed by atoms with Crippen LogP contribution in [0.3, 0.4) is 0 Å². The summed E-state index contributed by atoms with van der Waals surface area (Å²) in [6, 6.07) is 6.62. The molecule has 0 unspecified atom stereocenters. The fourth-order valence-electron chi connectivity index (χ4n) is 2.04. The Kier molecular flexibility index (Phi) is 4.62. The zero-order chi connectivity index (χ0) is 13.1. The monoisotopic (exact) mass is 234 g/mol. The van der Waals surface area contributed by atoms with Gasteiger partial charge in [0.2, 0.25) is 0 Å². The van der Waals surface area contributed by atoms with Gasteiger partial charge in [0.25, 0.3) is 0 Å². The van der Waals surface area contributed by atoms with Gasteiger partial charge in [-0.2, -0.15) is 0 Å². The zero-order valence-corrected chi connectivity index (χ0v) is 12.1. The van der Waals surface area contributed by atoms with Crippen LogP contribution in [-0.2, 0) is 6.42 Å². The van der Waals surface area contributed by atoms with Crippen molar-refractivity contribution in [1.82, 2.24) is 0 Å². The Morgan fingerprint density at radius 3 is 2.41 bits per heavy atom. The summed E-state index contributed by atoms with van der Waals surface area (Å²) in [6.45, 7) is 12.8. The molecule has 0 fully saturated rings. The molecule has 1 aliphatic heterocycles. The molecule has 0 aliphatic carbocycles. The lowest BCUT2D eigenvalue weighted by Crippen LogP contribution is -2.32. The van der Waals surface area contributed by atoms with Gasteiger partial charge in [0.15, 0.2) is 0 Å². The Hall–Kier alpha value is -0.980. The van der Waals surface area contributed by atoms with E-state index in [0.29, 0.717) is 5.92 Å². The van der Waals surface area contributed by atoms with Gasteiger partial charge < -0.3 is 4.74 Å². The van der Waals surface area contributed by atoms with E-state index in [1.807, 2.05) is 13.8 Å². The van der Waals surface area contributed by atoms with Crippen molar-refractivity contribution in [3.8, 4) is 5.75 Å². The highest BCUT2D eigenvalue weighted by Gasteiger charge is 2.26. The molecule has 1 aliphatic rings. The van der Waals surface area contributed by atoms with Crippen molar-refractivity contribution < 1.29 is 4.74 Å². The summed E-state index contributed by atoms with van der Waals surface area (Å²) in [7, 11) is 0. The van der Waals surface area contributed by atoms with Crippen molar-refractivity contribution in [2.75, 3.05) is 0 Å². The maximum absolute atomic E-state index is 5.95. The van der Waals surface area contributed by atoms with Crippen LogP contribution in [0, 0.1) is 0 Å². The minimum Gasteiger partial charge on any atom is -0.488 e. The van der Waals surface area contributed by atoms with Crippen LogP contribution in [0.4, 0.5) is 0 Å². The van der Waals surface area contributed by atoms with E-state index in [1.165, 1.54) is 11.1 Å². The molecule has 1 aromatic rings. The quantitative estimate of drug-likeness (QED) is 0.668. The van der Waals surface area contributed by atoms with Gasteiger partial charge in [-0.1, -0.05) is 39.8 Å². The summed E-state index contributed by atoms with van der Waals surface area (Å²) in [5, 5.41) is 0. The Balaban J connectivity index is 0.000000686. The lowest BCUT2D eigenvalue weighted by molar-refractivity contribution is 0.0846. The Morgan fingerprint density at radius 1 is 1.18 bits per heavy atom. The van der Waals surface area contributed by atoms with Gasteiger partial charge in [0.05, 0.1) is 0 Å². The van der Waals surface area contributed by atoms with Crippen molar-refractivity contribution in [2.45, 2.75) is 65.9 Å². The van der Waals surface area contributed by atoms with E-state index in [-0.39, 0.29) is 5.60 Å². The minimum absolute atomic E-state index is 0.00630. The average Bonchev–Trinajstić information content (AvgIpc) is 2.29. The highest BCUT2D eigenvalue weighted by molar-refractivity contribution is 5.40. The van der Waals surface area contributed by atoms with Crippen molar-refractivity contribution in [1.29, 1.82) is 0 Å². The van der Waals surface area contributed by atoms with E-state index in [0.717, 1.165) is 18.6 Å². The molecule has 0 saturated heterocycles. The number of hydrogen-bond acceptors (Lipinski definition) is 1. The average molecular weight is 234 g/mol. The first kappa shape index (κ1) is 14.1. The highest BCUT2D eigenvalue weighted by atomic mass is 16.5. The van der Waals surface area contributed by atoms with Crippen molar-refractivity contribution in [3.63, 3.8) is 0 Å². The minimum atomic E-state index is 0.00630. The molecule has 0 amide bonds. The molecule has 0 saturated carbocycles. The van der Waals surface area contributed by atoms with Gasteiger partial charge in [0, 0.05) is 0 Å². The zero-order valence-electron chi connectivity index (χ0n) is 12.1. The predicted molar refractivity (Wildman–Crippen MR) is 74.9 cm³/mol. The second kappa shape index (κ2) is 5.57. The van der Waals surface area contributed by atoms with Gasteiger partial charge in [-0.15, -0.1) is 0 Å². The van der Waals surface area contributed by atoms with Gasteiger partial charge >= 0.3 is 0 Å². The number of fused-ring (bicyclic) bond motifs is 1. The number of aryl methyl sites for hydroxylation is 1. The van der Waals surface area contributed by atoms with Crippen LogP contribution in [0.1, 0.15) is 65.0 Å². The molecular formula is C16H26O. The largest absolute Gasteiger partial charge is 0.488 e. The second-order valence-corrected chi connectivity index (χ2v) is 5.38. The summed E-state index contributed by atoms with van der Waals surface area (Å²) in [5.74, 6) is 1.68. The predicted octanol–water partition coefficient (Wildman–Crippen LogP) is 4.94. The number of hydrogen-bond donors (Lipinski definition) is 0. The van der Waals surface area contributed by atoms with Crippen LogP contribution in [0.2, 0.25) is 0 Å². The molecule has 0 aromatic heterocycles. The molecule has 96 valence electrons. The maximum atomic E-state index is 5.95. The third-order valence-corrected chi connectivity index (χ3v) is 3.13. The molecule has 0 radical (unpaired) electrons. The van der Waals surface area contributed by atoms with Crippen molar-refractivity contribution in [3.05, 3.63) is 29.3 Å². The van der Waals surface area contributed by atoms with Crippen LogP contribution in [0.5, 0.6) is 5.75 Å². The molecule has 1 heteroatoms. The lowest BCUT2D eigenvalue weighted by Gasteiger charge is -2.33. The standard InChI is InChI=1S/C14H20O.C2H6/c1-10(2)11-5-6-13-12(9-11)7-8-14(3,4)15-13;1-2/h5-6,9-10H,7-8H2,1-4H3;1-2H3. The van der Waals surface area contributed by atoms with Crippen LogP contribution in [-0.4, -0.2) is 5.60 Å². The SMILES string of the molecule is CC.CC(C)c1ccc2c(c1)CCC(C)(C)O2. The van der Waals surface area contributed by atoms with Gasteiger partial charge in [-0.3, -0.25) is 0 Å². The summed E-state index contributed by atoms with van der Waals surface area (Å²) in [5.41, 5.74) is 2.80. The Bertz CT molecular complexity index is 364. The smallest absolute Gasteiger partial charge is 0.123 e. The fraction of sp³-hybridized carbons (Fsp3) is 0.625. The second-order valence-electron chi connectivity index (χ2n) is 5.38. The molecule has 0 spiro atoms. The third kappa shape index (κ3) is 3.49. The summed E-state index contributed by atoms with van der Waals surface area (Å²) in [6.07, 6.45) is 2.25. The molecular weight excluding hydrogens is 208 g/mol. The van der Waals surface area contributed by atoms with Crippen molar-refractivity contribution >= 4 is 0 Å². The number of benzene rings is 1. The van der Waals surface area contributed by atoms with Crippen LogP contribution in [0.25, 0.3) is 0 Å². The van der Waals surface area contributed by atoms with Gasteiger partial charge in [0.1, 0.15) is 11.4 Å². The lowest BCUT2D eigenvalue weighted by atomic mass is 9.91.